The first-order valence-corrected chi connectivity index (χ1v) is 9.29. The van der Waals surface area contributed by atoms with Gasteiger partial charge < -0.3 is 0 Å². The van der Waals surface area contributed by atoms with Crippen LogP contribution in [-0.4, -0.2) is 30.0 Å². The van der Waals surface area contributed by atoms with Gasteiger partial charge in [0.1, 0.15) is 5.69 Å². The SMILES string of the molecule is CC(C)Cc1cc(-c2nn3c(C4CCCCC4)nnc3s2)n[nH]1. The van der Waals surface area contributed by atoms with Crippen molar-refractivity contribution in [3.05, 3.63) is 17.6 Å². The van der Waals surface area contributed by atoms with Crippen molar-refractivity contribution in [2.24, 2.45) is 5.92 Å². The van der Waals surface area contributed by atoms with Gasteiger partial charge >= 0.3 is 0 Å². The first-order valence-electron chi connectivity index (χ1n) is 8.47. The fourth-order valence-corrected chi connectivity index (χ4v) is 4.17. The highest BCUT2D eigenvalue weighted by molar-refractivity contribution is 7.19. The van der Waals surface area contributed by atoms with E-state index in [-0.39, 0.29) is 0 Å². The Labute approximate surface area is 139 Å². The molecular formula is C16H22N6S. The van der Waals surface area contributed by atoms with Gasteiger partial charge in [0, 0.05) is 11.6 Å². The molecule has 122 valence electrons. The highest BCUT2D eigenvalue weighted by atomic mass is 32.1. The van der Waals surface area contributed by atoms with E-state index >= 15 is 0 Å². The molecule has 0 bridgehead atoms. The van der Waals surface area contributed by atoms with Crippen molar-refractivity contribution in [3.63, 3.8) is 0 Å². The number of fused-ring (bicyclic) bond motifs is 1. The van der Waals surface area contributed by atoms with E-state index < -0.39 is 0 Å². The topological polar surface area (TPSA) is 71.8 Å². The van der Waals surface area contributed by atoms with Crippen molar-refractivity contribution in [1.29, 1.82) is 0 Å². The molecule has 3 heterocycles. The van der Waals surface area contributed by atoms with Gasteiger partial charge in [0.25, 0.3) is 0 Å². The van der Waals surface area contributed by atoms with Crippen molar-refractivity contribution in [3.8, 4) is 10.7 Å². The van der Waals surface area contributed by atoms with Crippen LogP contribution in [0.5, 0.6) is 0 Å². The minimum Gasteiger partial charge on any atom is -0.282 e. The summed E-state index contributed by atoms with van der Waals surface area (Å²) in [5.41, 5.74) is 2.07. The molecular weight excluding hydrogens is 308 g/mol. The molecule has 0 radical (unpaired) electrons. The predicted octanol–water partition coefficient (Wildman–Crippen LogP) is 3.82. The molecule has 23 heavy (non-hydrogen) atoms. The summed E-state index contributed by atoms with van der Waals surface area (Å²) in [7, 11) is 0. The Bertz CT molecular complexity index is 793. The van der Waals surface area contributed by atoms with Crippen LogP contribution in [0.25, 0.3) is 15.7 Å². The van der Waals surface area contributed by atoms with E-state index in [1.165, 1.54) is 32.1 Å². The molecule has 6 nitrogen and oxygen atoms in total. The van der Waals surface area contributed by atoms with Gasteiger partial charge in [-0.05, 0) is 31.2 Å². The van der Waals surface area contributed by atoms with Gasteiger partial charge in [-0.25, -0.2) is 0 Å². The molecule has 0 atom stereocenters. The van der Waals surface area contributed by atoms with Crippen LogP contribution in [0.15, 0.2) is 6.07 Å². The minimum atomic E-state index is 0.504. The smallest absolute Gasteiger partial charge is 0.235 e. The summed E-state index contributed by atoms with van der Waals surface area (Å²) < 4.78 is 1.94. The molecule has 1 aliphatic carbocycles. The average molecular weight is 330 g/mol. The van der Waals surface area contributed by atoms with Crippen LogP contribution in [0.3, 0.4) is 0 Å². The van der Waals surface area contributed by atoms with Crippen LogP contribution < -0.4 is 0 Å². The van der Waals surface area contributed by atoms with Crippen molar-refractivity contribution >= 4 is 16.3 Å². The summed E-state index contributed by atoms with van der Waals surface area (Å²) in [5, 5.41) is 21.9. The molecule has 1 fully saturated rings. The number of rotatable bonds is 4. The monoisotopic (exact) mass is 330 g/mol. The van der Waals surface area contributed by atoms with Crippen LogP contribution >= 0.6 is 11.3 Å². The quantitative estimate of drug-likeness (QED) is 0.789. The number of aromatic amines is 1. The first kappa shape index (κ1) is 14.8. The molecule has 0 amide bonds. The Morgan fingerprint density at radius 1 is 1.26 bits per heavy atom. The lowest BCUT2D eigenvalue weighted by Gasteiger charge is -2.18. The summed E-state index contributed by atoms with van der Waals surface area (Å²) in [5.74, 6) is 2.14. The summed E-state index contributed by atoms with van der Waals surface area (Å²) in [6, 6.07) is 2.10. The summed E-state index contributed by atoms with van der Waals surface area (Å²) in [6.07, 6.45) is 7.32. The fourth-order valence-electron chi connectivity index (χ4n) is 3.37. The molecule has 4 rings (SSSR count). The number of nitrogens with zero attached hydrogens (tertiary/aromatic N) is 5. The molecule has 3 aromatic heterocycles. The van der Waals surface area contributed by atoms with E-state index in [0.717, 1.165) is 33.6 Å². The van der Waals surface area contributed by atoms with E-state index in [9.17, 15) is 0 Å². The summed E-state index contributed by atoms with van der Waals surface area (Å²) in [4.78, 5) is 0.869. The van der Waals surface area contributed by atoms with Crippen LogP contribution in [0.1, 0.15) is 63.4 Å². The molecule has 7 heteroatoms. The minimum absolute atomic E-state index is 0.504. The number of hydrogen-bond acceptors (Lipinski definition) is 5. The maximum atomic E-state index is 4.74. The number of nitrogens with one attached hydrogen (secondary N) is 1. The normalized spacial score (nSPS) is 16.7. The maximum absolute atomic E-state index is 4.74. The summed E-state index contributed by atoms with van der Waals surface area (Å²) in [6.45, 7) is 4.42. The van der Waals surface area contributed by atoms with Gasteiger partial charge in [-0.2, -0.15) is 14.7 Å². The number of hydrogen-bond donors (Lipinski definition) is 1. The predicted molar refractivity (Wildman–Crippen MR) is 90.6 cm³/mol. The van der Waals surface area contributed by atoms with Crippen molar-refractivity contribution in [2.75, 3.05) is 0 Å². The van der Waals surface area contributed by atoms with Crippen molar-refractivity contribution in [2.45, 2.75) is 58.3 Å². The second-order valence-electron chi connectivity index (χ2n) is 6.87. The molecule has 1 N–H and O–H groups in total. The third kappa shape index (κ3) is 2.89. The number of H-pyrrole nitrogens is 1. The Morgan fingerprint density at radius 2 is 2.09 bits per heavy atom. The Balaban J connectivity index is 1.64. The highest BCUT2D eigenvalue weighted by Gasteiger charge is 2.23. The lowest BCUT2D eigenvalue weighted by molar-refractivity contribution is 0.423. The van der Waals surface area contributed by atoms with E-state index in [0.29, 0.717) is 11.8 Å². The Hall–Kier alpha value is -1.76. The second-order valence-corrected chi connectivity index (χ2v) is 7.83. The van der Waals surface area contributed by atoms with Gasteiger partial charge in [0.05, 0.1) is 0 Å². The largest absolute Gasteiger partial charge is 0.282 e. The van der Waals surface area contributed by atoms with Gasteiger partial charge in [-0.15, -0.1) is 10.2 Å². The third-order valence-electron chi connectivity index (χ3n) is 4.46. The molecule has 1 aliphatic rings. The highest BCUT2D eigenvalue weighted by Crippen LogP contribution is 2.33. The van der Waals surface area contributed by atoms with Crippen LogP contribution in [-0.2, 0) is 6.42 Å². The van der Waals surface area contributed by atoms with Gasteiger partial charge in [-0.1, -0.05) is 44.4 Å². The standard InChI is InChI=1S/C16H22N6S/c1-10(2)8-12-9-13(18-17-12)15-21-22-14(19-20-16(22)23-15)11-6-4-3-5-7-11/h9-11H,3-8H2,1-2H3,(H,17,18). The van der Waals surface area contributed by atoms with Crippen LogP contribution in [0.4, 0.5) is 0 Å². The zero-order valence-electron chi connectivity index (χ0n) is 13.6. The average Bonchev–Trinajstić information content (AvgIpc) is 3.21. The molecule has 0 spiro atoms. The Kier molecular flexibility index (Phi) is 3.88. The van der Waals surface area contributed by atoms with E-state index in [1.807, 2.05) is 4.52 Å². The molecule has 0 aromatic carbocycles. The molecule has 0 saturated heterocycles. The lowest BCUT2D eigenvalue weighted by atomic mass is 9.89. The first-order chi connectivity index (χ1) is 11.2. The Morgan fingerprint density at radius 3 is 2.87 bits per heavy atom. The zero-order valence-corrected chi connectivity index (χ0v) is 14.4. The molecule has 0 unspecified atom stereocenters. The van der Waals surface area contributed by atoms with Crippen LogP contribution in [0, 0.1) is 5.92 Å². The third-order valence-corrected chi connectivity index (χ3v) is 5.38. The second kappa shape index (κ2) is 6.03. The summed E-state index contributed by atoms with van der Waals surface area (Å²) >= 11 is 1.56. The van der Waals surface area contributed by atoms with Gasteiger partial charge in [0.2, 0.25) is 4.96 Å². The van der Waals surface area contributed by atoms with E-state index in [1.54, 1.807) is 11.3 Å². The van der Waals surface area contributed by atoms with Crippen LogP contribution in [0.2, 0.25) is 0 Å². The lowest BCUT2D eigenvalue weighted by Crippen LogP contribution is -2.09. The van der Waals surface area contributed by atoms with Gasteiger partial charge in [-0.3, -0.25) is 5.10 Å². The van der Waals surface area contributed by atoms with E-state index in [4.69, 9.17) is 5.10 Å². The van der Waals surface area contributed by atoms with Gasteiger partial charge in [0.15, 0.2) is 10.8 Å². The maximum Gasteiger partial charge on any atom is 0.235 e. The zero-order chi connectivity index (χ0) is 15.8. The molecule has 0 aliphatic heterocycles. The van der Waals surface area contributed by atoms with Crippen molar-refractivity contribution in [1.82, 2.24) is 30.0 Å². The molecule has 1 saturated carbocycles. The van der Waals surface area contributed by atoms with E-state index in [2.05, 4.69) is 40.3 Å². The fraction of sp³-hybridized carbons (Fsp3) is 0.625. The number of aromatic nitrogens is 6. The van der Waals surface area contributed by atoms with Crippen molar-refractivity contribution < 1.29 is 0 Å². The molecule has 3 aromatic rings.